The van der Waals surface area contributed by atoms with Crippen LogP contribution >= 0.6 is 0 Å². The summed E-state index contributed by atoms with van der Waals surface area (Å²) < 4.78 is 2.07. The van der Waals surface area contributed by atoms with Gasteiger partial charge in [0.15, 0.2) is 0 Å². The summed E-state index contributed by atoms with van der Waals surface area (Å²) in [6.07, 6.45) is 3.69. The summed E-state index contributed by atoms with van der Waals surface area (Å²) in [5.74, 6) is 1.54. The fraction of sp³-hybridized carbons (Fsp3) is 0.409. The van der Waals surface area contributed by atoms with Crippen molar-refractivity contribution in [2.75, 3.05) is 38.5 Å². The number of carbonyl (C=O) groups excluding carboxylic acids is 1. The van der Waals surface area contributed by atoms with E-state index in [4.69, 9.17) is 0 Å². The molecule has 0 saturated carbocycles. The lowest BCUT2D eigenvalue weighted by Crippen LogP contribution is -2.52. The number of piperazine rings is 1. The molecule has 7 nitrogen and oxygen atoms in total. The largest absolute Gasteiger partial charge is 0.331 e. The number of hydrogen-bond donors (Lipinski definition) is 1. The fourth-order valence-electron chi connectivity index (χ4n) is 3.92. The molecule has 152 valence electrons. The van der Waals surface area contributed by atoms with Crippen molar-refractivity contribution >= 4 is 22.5 Å². The second kappa shape index (κ2) is 7.93. The van der Waals surface area contributed by atoms with Gasteiger partial charge in [-0.15, -0.1) is 0 Å². The highest BCUT2D eigenvalue weighted by Gasteiger charge is 2.23. The molecule has 1 N–H and O–H groups in total. The maximum absolute atomic E-state index is 12.6. The average Bonchev–Trinajstić information content (AvgIpc) is 3.02. The van der Waals surface area contributed by atoms with Crippen LogP contribution in [0.15, 0.2) is 36.7 Å². The minimum atomic E-state index is -0.0216. The van der Waals surface area contributed by atoms with E-state index in [0.29, 0.717) is 18.4 Å². The van der Waals surface area contributed by atoms with Crippen LogP contribution in [0.5, 0.6) is 0 Å². The lowest BCUT2D eigenvalue weighted by atomic mass is 10.1. The smallest absolute Gasteiger partial charge is 0.239 e. The summed E-state index contributed by atoms with van der Waals surface area (Å²) >= 11 is 0. The number of carbonyl (C=O) groups is 1. The lowest BCUT2D eigenvalue weighted by molar-refractivity contribution is -0.118. The number of nitrogens with zero attached hydrogens (tertiary/aromatic N) is 5. The van der Waals surface area contributed by atoms with Crippen LogP contribution in [0.3, 0.4) is 0 Å². The van der Waals surface area contributed by atoms with E-state index in [1.165, 1.54) is 0 Å². The number of likely N-dealkylation sites (N-methyl/N-ethyl adjacent to an activating group) is 1. The Kier molecular flexibility index (Phi) is 5.34. The first-order chi connectivity index (χ1) is 13.9. The molecule has 1 unspecified atom stereocenters. The summed E-state index contributed by atoms with van der Waals surface area (Å²) in [7, 11) is 4.13. The molecular weight excluding hydrogens is 364 g/mol. The summed E-state index contributed by atoms with van der Waals surface area (Å²) in [6, 6.07) is 8.55. The van der Waals surface area contributed by atoms with Gasteiger partial charge < -0.3 is 14.8 Å². The van der Waals surface area contributed by atoms with Crippen molar-refractivity contribution < 1.29 is 4.79 Å². The highest BCUT2D eigenvalue weighted by Crippen LogP contribution is 2.25. The van der Waals surface area contributed by atoms with Gasteiger partial charge in [-0.2, -0.15) is 0 Å². The zero-order valence-corrected chi connectivity index (χ0v) is 17.5. The zero-order valence-electron chi connectivity index (χ0n) is 17.5. The van der Waals surface area contributed by atoms with Crippen LogP contribution in [0, 0.1) is 6.92 Å². The van der Waals surface area contributed by atoms with Crippen LogP contribution in [0.2, 0.25) is 0 Å². The molecule has 1 amide bonds. The number of aryl methyl sites for hydroxylation is 1. The van der Waals surface area contributed by atoms with Gasteiger partial charge in [0.1, 0.15) is 11.6 Å². The van der Waals surface area contributed by atoms with Gasteiger partial charge in [-0.3, -0.25) is 9.69 Å². The Bertz CT molecular complexity index is 1040. The molecule has 3 heterocycles. The molecule has 0 spiro atoms. The number of benzene rings is 1. The average molecular weight is 393 g/mol. The van der Waals surface area contributed by atoms with Crippen molar-refractivity contribution in [1.29, 1.82) is 0 Å². The molecule has 1 atom stereocenters. The van der Waals surface area contributed by atoms with Gasteiger partial charge in [0.25, 0.3) is 0 Å². The molecule has 1 fully saturated rings. The lowest BCUT2D eigenvalue weighted by Gasteiger charge is -2.37. The minimum Gasteiger partial charge on any atom is -0.331 e. The van der Waals surface area contributed by atoms with Crippen molar-refractivity contribution in [3.8, 4) is 11.3 Å². The maximum atomic E-state index is 12.6. The topological polar surface area (TPSA) is 66.3 Å². The molecule has 1 aromatic carbocycles. The number of imidazole rings is 1. The molecule has 1 aliphatic rings. The molecule has 2 aromatic heterocycles. The molecule has 0 bridgehead atoms. The van der Waals surface area contributed by atoms with Crippen molar-refractivity contribution in [3.63, 3.8) is 0 Å². The fourth-order valence-corrected chi connectivity index (χ4v) is 3.92. The molecule has 4 rings (SSSR count). The third-order valence-corrected chi connectivity index (χ3v) is 5.82. The predicted octanol–water partition coefficient (Wildman–Crippen LogP) is 2.52. The third-order valence-electron chi connectivity index (χ3n) is 5.82. The number of aromatic nitrogens is 3. The standard InChI is InChI=1S/C22H28N6O/c1-15-13-26(3)7-8-28(15)14-22(29)25-21-10-19-9-17(5-6-18(19)11-24-21)20-12-23-16(2)27(20)4/h5-6,9-12,15H,7-8,13-14H2,1-4H3,(H,24,25,29). The first kappa shape index (κ1) is 19.5. The molecule has 0 aliphatic carbocycles. The Balaban J connectivity index is 1.50. The van der Waals surface area contributed by atoms with Gasteiger partial charge in [-0.05, 0) is 38.4 Å². The minimum absolute atomic E-state index is 0.0216. The summed E-state index contributed by atoms with van der Waals surface area (Å²) in [5.41, 5.74) is 2.16. The number of nitrogens with one attached hydrogen (secondary N) is 1. The number of rotatable bonds is 4. The van der Waals surface area contributed by atoms with Gasteiger partial charge in [0, 0.05) is 49.9 Å². The van der Waals surface area contributed by atoms with Crippen LogP contribution < -0.4 is 5.32 Å². The second-order valence-corrected chi connectivity index (χ2v) is 8.01. The van der Waals surface area contributed by atoms with Crippen LogP contribution in [-0.2, 0) is 11.8 Å². The molecule has 1 saturated heterocycles. The van der Waals surface area contributed by atoms with Crippen LogP contribution in [-0.4, -0.2) is 69.5 Å². The van der Waals surface area contributed by atoms with Gasteiger partial charge in [0.05, 0.1) is 18.4 Å². The Morgan fingerprint density at radius 2 is 1.97 bits per heavy atom. The number of hydrogen-bond acceptors (Lipinski definition) is 5. The van der Waals surface area contributed by atoms with E-state index in [2.05, 4.69) is 61.8 Å². The van der Waals surface area contributed by atoms with E-state index in [1.807, 2.05) is 32.4 Å². The number of pyridine rings is 1. The molecule has 7 heteroatoms. The summed E-state index contributed by atoms with van der Waals surface area (Å²) in [6.45, 7) is 7.43. The SMILES string of the molecule is Cc1ncc(-c2ccc3cnc(NC(=O)CN4CCN(C)CC4C)cc3c2)n1C. The van der Waals surface area contributed by atoms with E-state index in [1.54, 1.807) is 0 Å². The second-order valence-electron chi connectivity index (χ2n) is 8.01. The van der Waals surface area contributed by atoms with E-state index < -0.39 is 0 Å². The van der Waals surface area contributed by atoms with Crippen LogP contribution in [0.4, 0.5) is 5.82 Å². The van der Waals surface area contributed by atoms with Crippen molar-refractivity contribution in [3.05, 3.63) is 42.5 Å². The first-order valence-electron chi connectivity index (χ1n) is 10.0. The van der Waals surface area contributed by atoms with Crippen LogP contribution in [0.1, 0.15) is 12.7 Å². The van der Waals surface area contributed by atoms with E-state index in [9.17, 15) is 4.79 Å². The van der Waals surface area contributed by atoms with E-state index in [-0.39, 0.29) is 5.91 Å². The Morgan fingerprint density at radius 3 is 2.69 bits per heavy atom. The van der Waals surface area contributed by atoms with Crippen LogP contribution in [0.25, 0.3) is 22.0 Å². The zero-order chi connectivity index (χ0) is 20.5. The van der Waals surface area contributed by atoms with Gasteiger partial charge in [-0.1, -0.05) is 12.1 Å². The Morgan fingerprint density at radius 1 is 1.14 bits per heavy atom. The van der Waals surface area contributed by atoms with Gasteiger partial charge in [0.2, 0.25) is 5.91 Å². The van der Waals surface area contributed by atoms with Crippen molar-refractivity contribution in [2.45, 2.75) is 19.9 Å². The number of anilines is 1. The molecule has 0 radical (unpaired) electrons. The Labute approximate surface area is 171 Å². The quantitative estimate of drug-likeness (QED) is 0.739. The predicted molar refractivity (Wildman–Crippen MR) is 116 cm³/mol. The summed E-state index contributed by atoms with van der Waals surface area (Å²) in [5, 5.41) is 5.05. The summed E-state index contributed by atoms with van der Waals surface area (Å²) in [4.78, 5) is 25.9. The number of amides is 1. The third kappa shape index (κ3) is 4.16. The maximum Gasteiger partial charge on any atom is 0.239 e. The van der Waals surface area contributed by atoms with Crippen molar-refractivity contribution in [2.24, 2.45) is 7.05 Å². The molecule has 1 aliphatic heterocycles. The monoisotopic (exact) mass is 392 g/mol. The molecular formula is C22H28N6O. The molecule has 29 heavy (non-hydrogen) atoms. The van der Waals surface area contributed by atoms with E-state index >= 15 is 0 Å². The highest BCUT2D eigenvalue weighted by molar-refractivity contribution is 5.94. The van der Waals surface area contributed by atoms with Gasteiger partial charge in [-0.25, -0.2) is 9.97 Å². The normalized spacial score (nSPS) is 18.3. The highest BCUT2D eigenvalue weighted by atomic mass is 16.2. The van der Waals surface area contributed by atoms with Crippen molar-refractivity contribution in [1.82, 2.24) is 24.3 Å². The Hall–Kier alpha value is -2.77. The van der Waals surface area contributed by atoms with E-state index in [0.717, 1.165) is 47.5 Å². The van der Waals surface area contributed by atoms with Gasteiger partial charge >= 0.3 is 0 Å². The first-order valence-corrected chi connectivity index (χ1v) is 10.0. The molecule has 3 aromatic rings. The number of fused-ring (bicyclic) bond motifs is 1.